The Morgan fingerprint density at radius 1 is 1.25 bits per heavy atom. The number of benzene rings is 1. The van der Waals surface area contributed by atoms with Crippen LogP contribution in [-0.4, -0.2) is 44.1 Å². The van der Waals surface area contributed by atoms with E-state index in [4.69, 9.17) is 32.7 Å². The summed E-state index contributed by atoms with van der Waals surface area (Å²) in [6, 6.07) is 6.09. The van der Waals surface area contributed by atoms with E-state index in [1.54, 1.807) is 12.1 Å². The van der Waals surface area contributed by atoms with Crippen molar-refractivity contribution in [1.82, 2.24) is 14.8 Å². The summed E-state index contributed by atoms with van der Waals surface area (Å²) in [5, 5.41) is 15.4. The highest BCUT2D eigenvalue weighted by Crippen LogP contribution is 2.30. The van der Waals surface area contributed by atoms with Gasteiger partial charge in [-0.1, -0.05) is 11.6 Å². The zero-order valence-corrected chi connectivity index (χ0v) is 17.0. The Morgan fingerprint density at radius 3 is 2.50 bits per heavy atom. The lowest BCUT2D eigenvalue weighted by Crippen LogP contribution is -2.54. The highest BCUT2D eigenvalue weighted by molar-refractivity contribution is 6.30. The van der Waals surface area contributed by atoms with Crippen molar-refractivity contribution >= 4 is 35.0 Å². The van der Waals surface area contributed by atoms with Crippen LogP contribution in [-0.2, 0) is 20.2 Å². The quantitative estimate of drug-likeness (QED) is 0.351. The summed E-state index contributed by atoms with van der Waals surface area (Å²) < 4.78 is 11.6. The van der Waals surface area contributed by atoms with E-state index in [1.165, 1.54) is 26.0 Å². The summed E-state index contributed by atoms with van der Waals surface area (Å²) in [6.07, 6.45) is 2.92. The molecule has 1 aromatic carbocycles. The van der Waals surface area contributed by atoms with Gasteiger partial charge in [-0.25, -0.2) is 4.98 Å². The van der Waals surface area contributed by atoms with Gasteiger partial charge in [0.1, 0.15) is 25.0 Å². The van der Waals surface area contributed by atoms with Gasteiger partial charge in [0.15, 0.2) is 0 Å². The Hall–Kier alpha value is -2.16. The standard InChI is InChI=1S/C18H21Cl2N3O5/c1-17(2,10-27-15(24)4-3-9-19)16(25)18(26,23-12-21-11-22-23)28-14-7-5-13(20)6-8-14/h5-8,11-12,26H,3-4,9-10H2,1-2H3. The summed E-state index contributed by atoms with van der Waals surface area (Å²) in [7, 11) is 0. The van der Waals surface area contributed by atoms with Crippen molar-refractivity contribution < 1.29 is 24.2 Å². The molecule has 0 aliphatic rings. The molecule has 152 valence electrons. The number of aromatic nitrogens is 3. The van der Waals surface area contributed by atoms with Gasteiger partial charge in [-0.05, 0) is 44.5 Å². The number of halogens is 2. The van der Waals surface area contributed by atoms with E-state index in [0.29, 0.717) is 17.3 Å². The minimum absolute atomic E-state index is 0.141. The molecule has 2 aromatic rings. The van der Waals surface area contributed by atoms with E-state index in [9.17, 15) is 14.7 Å². The van der Waals surface area contributed by atoms with E-state index in [-0.39, 0.29) is 18.8 Å². The van der Waals surface area contributed by atoms with Gasteiger partial charge >= 0.3 is 11.9 Å². The topological polar surface area (TPSA) is 104 Å². The molecule has 0 bridgehead atoms. The maximum atomic E-state index is 13.2. The molecule has 0 amide bonds. The molecule has 1 aromatic heterocycles. The first-order valence-corrected chi connectivity index (χ1v) is 9.39. The Labute approximate surface area is 172 Å². The molecule has 28 heavy (non-hydrogen) atoms. The molecular weight excluding hydrogens is 409 g/mol. The monoisotopic (exact) mass is 429 g/mol. The molecular formula is C18H21Cl2N3O5. The van der Waals surface area contributed by atoms with Crippen LogP contribution in [0, 0.1) is 5.41 Å². The van der Waals surface area contributed by atoms with Crippen LogP contribution in [0.5, 0.6) is 5.75 Å². The van der Waals surface area contributed by atoms with Gasteiger partial charge in [0.05, 0.1) is 5.41 Å². The molecule has 0 aliphatic heterocycles. The SMILES string of the molecule is CC(C)(COC(=O)CCCCl)C(=O)C(O)(Oc1ccc(Cl)cc1)n1cncn1. The van der Waals surface area contributed by atoms with Crippen LogP contribution in [0.2, 0.25) is 5.02 Å². The van der Waals surface area contributed by atoms with Crippen LogP contribution in [0.25, 0.3) is 0 Å². The second-order valence-electron chi connectivity index (χ2n) is 6.67. The molecule has 0 fully saturated rings. The van der Waals surface area contributed by atoms with Gasteiger partial charge < -0.3 is 14.6 Å². The van der Waals surface area contributed by atoms with Gasteiger partial charge in [0.25, 0.3) is 0 Å². The molecule has 8 nitrogen and oxygen atoms in total. The number of rotatable bonds is 10. The van der Waals surface area contributed by atoms with Crippen LogP contribution < -0.4 is 4.74 Å². The number of ketones is 1. The molecule has 1 unspecified atom stereocenters. The summed E-state index contributed by atoms with van der Waals surface area (Å²) in [5.41, 5.74) is -1.29. The van der Waals surface area contributed by atoms with Crippen molar-refractivity contribution in [2.45, 2.75) is 32.6 Å². The second kappa shape index (κ2) is 9.36. The molecule has 2 rings (SSSR count). The van der Waals surface area contributed by atoms with E-state index >= 15 is 0 Å². The number of hydrogen-bond donors (Lipinski definition) is 1. The van der Waals surface area contributed by atoms with E-state index in [1.807, 2.05) is 0 Å². The van der Waals surface area contributed by atoms with Crippen LogP contribution >= 0.6 is 23.2 Å². The number of Topliss-reactive ketones (excluding diaryl/α,β-unsaturated/α-hetero) is 1. The van der Waals surface area contributed by atoms with Crippen LogP contribution in [0.3, 0.4) is 0 Å². The fourth-order valence-corrected chi connectivity index (χ4v) is 2.54. The number of hydrogen-bond acceptors (Lipinski definition) is 7. The maximum Gasteiger partial charge on any atom is 0.376 e. The number of ether oxygens (including phenoxy) is 2. The molecule has 0 saturated carbocycles. The molecule has 1 heterocycles. The highest BCUT2D eigenvalue weighted by atomic mass is 35.5. The van der Waals surface area contributed by atoms with Gasteiger partial charge in [0, 0.05) is 17.3 Å². The fraction of sp³-hybridized carbons (Fsp3) is 0.444. The third-order valence-corrected chi connectivity index (χ3v) is 4.34. The predicted molar refractivity (Wildman–Crippen MR) is 102 cm³/mol. The van der Waals surface area contributed by atoms with Crippen molar-refractivity contribution in [3.8, 4) is 5.75 Å². The minimum Gasteiger partial charge on any atom is -0.465 e. The minimum atomic E-state index is -2.50. The number of esters is 1. The largest absolute Gasteiger partial charge is 0.465 e. The summed E-state index contributed by atoms with van der Waals surface area (Å²) >= 11 is 11.4. The van der Waals surface area contributed by atoms with Crippen molar-refractivity contribution in [3.63, 3.8) is 0 Å². The van der Waals surface area contributed by atoms with Crippen molar-refractivity contribution in [3.05, 3.63) is 41.9 Å². The van der Waals surface area contributed by atoms with Gasteiger partial charge in [-0.2, -0.15) is 9.78 Å². The number of carbonyl (C=O) groups is 2. The van der Waals surface area contributed by atoms with Gasteiger partial charge in [0.2, 0.25) is 5.78 Å². The third kappa shape index (κ3) is 5.43. The third-order valence-electron chi connectivity index (χ3n) is 3.82. The molecule has 1 atom stereocenters. The molecule has 0 saturated heterocycles. The van der Waals surface area contributed by atoms with Gasteiger partial charge in [-0.15, -0.1) is 11.6 Å². The Balaban J connectivity index is 2.23. The average Bonchev–Trinajstić information content (AvgIpc) is 3.21. The number of aliphatic hydroxyl groups is 1. The second-order valence-corrected chi connectivity index (χ2v) is 7.48. The highest BCUT2D eigenvalue weighted by Gasteiger charge is 2.50. The number of alkyl halides is 1. The average molecular weight is 430 g/mol. The van der Waals surface area contributed by atoms with E-state index < -0.39 is 23.1 Å². The van der Waals surface area contributed by atoms with Crippen molar-refractivity contribution in [1.29, 1.82) is 0 Å². The predicted octanol–water partition coefficient (Wildman–Crippen LogP) is 2.77. The molecule has 0 aliphatic carbocycles. The summed E-state index contributed by atoms with van der Waals surface area (Å²) in [4.78, 5) is 28.7. The number of carbonyl (C=O) groups excluding carboxylic acids is 2. The molecule has 1 N–H and O–H groups in total. The van der Waals surface area contributed by atoms with Gasteiger partial charge in [-0.3, -0.25) is 9.59 Å². The zero-order chi connectivity index (χ0) is 20.8. The first-order chi connectivity index (χ1) is 13.2. The van der Waals surface area contributed by atoms with E-state index in [0.717, 1.165) is 17.3 Å². The smallest absolute Gasteiger partial charge is 0.376 e. The maximum absolute atomic E-state index is 13.2. The van der Waals surface area contributed by atoms with Crippen LogP contribution in [0.4, 0.5) is 0 Å². The van der Waals surface area contributed by atoms with Crippen LogP contribution in [0.15, 0.2) is 36.9 Å². The first-order valence-electron chi connectivity index (χ1n) is 8.47. The van der Waals surface area contributed by atoms with Crippen LogP contribution in [0.1, 0.15) is 26.7 Å². The summed E-state index contributed by atoms with van der Waals surface area (Å²) in [6.45, 7) is 2.79. The first kappa shape index (κ1) is 22.1. The Kier molecular flexibility index (Phi) is 7.40. The fourth-order valence-electron chi connectivity index (χ4n) is 2.28. The lowest BCUT2D eigenvalue weighted by atomic mass is 9.86. The zero-order valence-electron chi connectivity index (χ0n) is 15.5. The molecule has 0 radical (unpaired) electrons. The van der Waals surface area contributed by atoms with E-state index in [2.05, 4.69) is 10.1 Å². The molecule has 0 spiro atoms. The number of nitrogens with zero attached hydrogens (tertiary/aromatic N) is 3. The van der Waals surface area contributed by atoms with Crippen molar-refractivity contribution in [2.75, 3.05) is 12.5 Å². The Morgan fingerprint density at radius 2 is 1.93 bits per heavy atom. The lowest BCUT2D eigenvalue weighted by Gasteiger charge is -2.33. The summed E-state index contributed by atoms with van der Waals surface area (Å²) in [5.74, 6) is -3.24. The van der Waals surface area contributed by atoms with Crippen molar-refractivity contribution in [2.24, 2.45) is 5.41 Å². The molecule has 10 heteroatoms. The Bertz CT molecular complexity index is 796. The normalized spacial score (nSPS) is 13.6. The lowest BCUT2D eigenvalue weighted by molar-refractivity contribution is -0.222.